The first-order chi connectivity index (χ1) is 10.2. The Hall–Kier alpha value is -1.46. The van der Waals surface area contributed by atoms with Crippen molar-refractivity contribution in [1.82, 2.24) is 5.32 Å². The second kappa shape index (κ2) is 6.12. The fraction of sp³-hybridized carbons (Fsp3) is 0.375. The van der Waals surface area contributed by atoms with Crippen LogP contribution in [0.25, 0.3) is 0 Å². The summed E-state index contributed by atoms with van der Waals surface area (Å²) in [7, 11) is 1.94. The molecule has 0 aliphatic carbocycles. The van der Waals surface area contributed by atoms with Crippen molar-refractivity contribution in [3.8, 4) is 11.5 Å². The van der Waals surface area contributed by atoms with Crippen LogP contribution in [0.1, 0.15) is 29.9 Å². The normalized spacial score (nSPS) is 15.0. The average molecular weight is 352 g/mol. The Morgan fingerprint density at radius 2 is 1.90 bits per heavy atom. The number of rotatable bonds is 4. The third-order valence-corrected chi connectivity index (χ3v) is 4.36. The molecule has 1 aliphatic rings. The van der Waals surface area contributed by atoms with Crippen LogP contribution in [0, 0.1) is 0 Å². The third-order valence-electron chi connectivity index (χ3n) is 3.67. The molecule has 0 radical (unpaired) electrons. The standard InChI is InChI=1S/C16H18BrNO3/c1-3-13-10(4-5-19-13)16(18-2)11-8-14-15(9-12(11)17)21-7-6-20-14/h4-5,8-9,16,18H,3,6-7H2,1-2H3. The van der Waals surface area contributed by atoms with Gasteiger partial charge in [-0.1, -0.05) is 22.9 Å². The maximum atomic E-state index is 5.69. The Balaban J connectivity index is 2.05. The first-order valence-electron chi connectivity index (χ1n) is 7.07. The summed E-state index contributed by atoms with van der Waals surface area (Å²) in [5.74, 6) is 2.58. The summed E-state index contributed by atoms with van der Waals surface area (Å²) in [5.41, 5.74) is 2.26. The van der Waals surface area contributed by atoms with E-state index in [1.807, 2.05) is 25.2 Å². The smallest absolute Gasteiger partial charge is 0.162 e. The van der Waals surface area contributed by atoms with E-state index >= 15 is 0 Å². The van der Waals surface area contributed by atoms with Crippen LogP contribution in [0.3, 0.4) is 0 Å². The van der Waals surface area contributed by atoms with Gasteiger partial charge in [0.05, 0.1) is 12.3 Å². The van der Waals surface area contributed by atoms with Crippen LogP contribution in [-0.2, 0) is 6.42 Å². The first kappa shape index (κ1) is 14.5. The van der Waals surface area contributed by atoms with E-state index in [4.69, 9.17) is 13.9 Å². The van der Waals surface area contributed by atoms with Gasteiger partial charge < -0.3 is 19.2 Å². The highest BCUT2D eigenvalue weighted by Crippen LogP contribution is 2.40. The average Bonchev–Trinajstić information content (AvgIpc) is 2.97. The number of furan rings is 1. The molecule has 0 saturated heterocycles. The molecule has 0 amide bonds. The van der Waals surface area contributed by atoms with Gasteiger partial charge in [-0.05, 0) is 30.8 Å². The number of aryl methyl sites for hydroxylation is 1. The summed E-state index contributed by atoms with van der Waals surface area (Å²) in [6, 6.07) is 6.07. The number of fused-ring (bicyclic) bond motifs is 1. The lowest BCUT2D eigenvalue weighted by molar-refractivity contribution is 0.171. The van der Waals surface area contributed by atoms with Gasteiger partial charge in [-0.2, -0.15) is 0 Å². The Labute approximate surface area is 132 Å². The van der Waals surface area contributed by atoms with Crippen LogP contribution in [0.5, 0.6) is 11.5 Å². The molecule has 112 valence electrons. The molecule has 2 heterocycles. The van der Waals surface area contributed by atoms with Crippen LogP contribution in [-0.4, -0.2) is 20.3 Å². The van der Waals surface area contributed by atoms with Gasteiger partial charge in [-0.15, -0.1) is 0 Å². The molecule has 5 heteroatoms. The minimum Gasteiger partial charge on any atom is -0.486 e. The predicted octanol–water partition coefficient (Wildman–Crippen LogP) is 3.68. The summed E-state index contributed by atoms with van der Waals surface area (Å²) in [6.45, 7) is 3.27. The van der Waals surface area contributed by atoms with E-state index < -0.39 is 0 Å². The van der Waals surface area contributed by atoms with E-state index in [0.717, 1.165) is 39.3 Å². The SMILES string of the molecule is CCc1occc1C(NC)c1cc2c(cc1Br)OCCO2. The Morgan fingerprint density at radius 1 is 1.19 bits per heavy atom. The number of hydrogen-bond donors (Lipinski definition) is 1. The lowest BCUT2D eigenvalue weighted by Crippen LogP contribution is -2.20. The predicted molar refractivity (Wildman–Crippen MR) is 84.1 cm³/mol. The van der Waals surface area contributed by atoms with Crippen LogP contribution in [0.2, 0.25) is 0 Å². The molecule has 1 aromatic carbocycles. The van der Waals surface area contributed by atoms with Crippen molar-refractivity contribution in [2.75, 3.05) is 20.3 Å². The van der Waals surface area contributed by atoms with Gasteiger partial charge in [-0.3, -0.25) is 0 Å². The largest absolute Gasteiger partial charge is 0.486 e. The zero-order valence-corrected chi connectivity index (χ0v) is 13.7. The second-order valence-electron chi connectivity index (χ2n) is 4.89. The van der Waals surface area contributed by atoms with Gasteiger partial charge in [0.25, 0.3) is 0 Å². The van der Waals surface area contributed by atoms with Crippen LogP contribution < -0.4 is 14.8 Å². The maximum Gasteiger partial charge on any atom is 0.162 e. The summed E-state index contributed by atoms with van der Waals surface area (Å²) in [5, 5.41) is 3.36. The number of nitrogens with one attached hydrogen (secondary N) is 1. The highest BCUT2D eigenvalue weighted by molar-refractivity contribution is 9.10. The van der Waals surface area contributed by atoms with Crippen molar-refractivity contribution in [3.63, 3.8) is 0 Å². The molecule has 0 fully saturated rings. The molecule has 0 spiro atoms. The van der Waals surface area contributed by atoms with Crippen molar-refractivity contribution in [2.24, 2.45) is 0 Å². The van der Waals surface area contributed by atoms with Gasteiger partial charge >= 0.3 is 0 Å². The molecule has 1 unspecified atom stereocenters. The monoisotopic (exact) mass is 351 g/mol. The minimum absolute atomic E-state index is 0.0453. The first-order valence-corrected chi connectivity index (χ1v) is 7.86. The van der Waals surface area contributed by atoms with Crippen LogP contribution in [0.4, 0.5) is 0 Å². The Morgan fingerprint density at radius 3 is 2.57 bits per heavy atom. The van der Waals surface area contributed by atoms with Crippen LogP contribution >= 0.6 is 15.9 Å². The molecule has 2 aromatic rings. The molecule has 3 rings (SSSR count). The van der Waals surface area contributed by atoms with Crippen molar-refractivity contribution in [1.29, 1.82) is 0 Å². The quantitative estimate of drug-likeness (QED) is 0.912. The van der Waals surface area contributed by atoms with E-state index in [9.17, 15) is 0 Å². The molecule has 1 aromatic heterocycles. The molecular formula is C16H18BrNO3. The zero-order chi connectivity index (χ0) is 14.8. The lowest BCUT2D eigenvalue weighted by Gasteiger charge is -2.23. The Bertz CT molecular complexity index is 638. The molecule has 0 bridgehead atoms. The van der Waals surface area contributed by atoms with Crippen molar-refractivity contribution in [2.45, 2.75) is 19.4 Å². The summed E-state index contributed by atoms with van der Waals surface area (Å²) in [6.07, 6.45) is 2.60. The van der Waals surface area contributed by atoms with E-state index in [1.165, 1.54) is 0 Å². The van der Waals surface area contributed by atoms with E-state index in [0.29, 0.717) is 13.2 Å². The van der Waals surface area contributed by atoms with E-state index in [-0.39, 0.29) is 6.04 Å². The number of hydrogen-bond acceptors (Lipinski definition) is 4. The number of benzene rings is 1. The summed E-state index contributed by atoms with van der Waals surface area (Å²) >= 11 is 3.64. The van der Waals surface area contributed by atoms with Gasteiger partial charge in [0, 0.05) is 16.5 Å². The fourth-order valence-electron chi connectivity index (χ4n) is 2.67. The second-order valence-corrected chi connectivity index (χ2v) is 5.75. The van der Waals surface area contributed by atoms with Crippen molar-refractivity contribution >= 4 is 15.9 Å². The highest BCUT2D eigenvalue weighted by atomic mass is 79.9. The summed E-state index contributed by atoms with van der Waals surface area (Å²) in [4.78, 5) is 0. The molecule has 0 saturated carbocycles. The molecule has 4 nitrogen and oxygen atoms in total. The highest BCUT2D eigenvalue weighted by Gasteiger charge is 2.23. The number of ether oxygens (including phenoxy) is 2. The lowest BCUT2D eigenvalue weighted by atomic mass is 9.98. The van der Waals surface area contributed by atoms with Gasteiger partial charge in [0.1, 0.15) is 19.0 Å². The third kappa shape index (κ3) is 2.68. The van der Waals surface area contributed by atoms with E-state index in [2.05, 4.69) is 28.2 Å². The maximum absolute atomic E-state index is 5.69. The molecule has 1 aliphatic heterocycles. The molecule has 1 N–H and O–H groups in total. The molecular weight excluding hydrogens is 334 g/mol. The van der Waals surface area contributed by atoms with Gasteiger partial charge in [0.15, 0.2) is 11.5 Å². The minimum atomic E-state index is 0.0453. The Kier molecular flexibility index (Phi) is 4.22. The van der Waals surface area contributed by atoms with Gasteiger partial charge in [-0.25, -0.2) is 0 Å². The number of halogens is 1. The molecule has 21 heavy (non-hydrogen) atoms. The zero-order valence-electron chi connectivity index (χ0n) is 12.1. The fourth-order valence-corrected chi connectivity index (χ4v) is 3.23. The summed E-state index contributed by atoms with van der Waals surface area (Å²) < 4.78 is 17.9. The van der Waals surface area contributed by atoms with Crippen molar-refractivity contribution < 1.29 is 13.9 Å². The molecule has 1 atom stereocenters. The topological polar surface area (TPSA) is 43.6 Å². The van der Waals surface area contributed by atoms with Crippen molar-refractivity contribution in [3.05, 3.63) is 45.8 Å². The van der Waals surface area contributed by atoms with Crippen LogP contribution in [0.15, 0.2) is 33.4 Å². The van der Waals surface area contributed by atoms with Gasteiger partial charge in [0.2, 0.25) is 0 Å². The van der Waals surface area contributed by atoms with E-state index in [1.54, 1.807) is 6.26 Å².